The van der Waals surface area contributed by atoms with E-state index in [4.69, 9.17) is 16.3 Å². The maximum absolute atomic E-state index is 12.8. The quantitative estimate of drug-likeness (QED) is 0.802. The standard InChI is InChI=1S/C20H21ClN2O2S/c21-17-3-4-19-15(13-17)12-16(14-25-19)20(24)23-9-7-22(8-10-23)6-5-18-2-1-11-26-18/h1-4,11-13H,5-10,14H2. The van der Waals surface area contributed by atoms with Crippen molar-refractivity contribution in [1.29, 1.82) is 0 Å². The van der Waals surface area contributed by atoms with E-state index in [0.717, 1.165) is 50.5 Å². The molecule has 3 heterocycles. The Hall–Kier alpha value is -1.82. The van der Waals surface area contributed by atoms with Crippen molar-refractivity contribution in [1.82, 2.24) is 9.80 Å². The number of ether oxygens (including phenoxy) is 1. The van der Waals surface area contributed by atoms with Crippen LogP contribution >= 0.6 is 22.9 Å². The molecule has 0 N–H and O–H groups in total. The molecule has 4 nitrogen and oxygen atoms in total. The Labute approximate surface area is 162 Å². The second-order valence-corrected chi connectivity index (χ2v) is 8.07. The van der Waals surface area contributed by atoms with Gasteiger partial charge in [0.05, 0.1) is 5.57 Å². The van der Waals surface area contributed by atoms with Crippen LogP contribution in [-0.4, -0.2) is 55.0 Å². The molecule has 0 radical (unpaired) electrons. The first-order valence-electron chi connectivity index (χ1n) is 8.86. The molecule has 0 bridgehead atoms. The number of thiophene rings is 1. The summed E-state index contributed by atoms with van der Waals surface area (Å²) >= 11 is 7.86. The lowest BCUT2D eigenvalue weighted by Gasteiger charge is -2.35. The van der Waals surface area contributed by atoms with Gasteiger partial charge in [0.25, 0.3) is 5.91 Å². The molecule has 1 amide bonds. The van der Waals surface area contributed by atoms with Gasteiger partial charge in [-0.1, -0.05) is 17.7 Å². The Morgan fingerprint density at radius 3 is 2.81 bits per heavy atom. The zero-order valence-corrected chi connectivity index (χ0v) is 16.1. The van der Waals surface area contributed by atoms with Crippen LogP contribution in [0.4, 0.5) is 0 Å². The predicted molar refractivity (Wildman–Crippen MR) is 106 cm³/mol. The molecule has 6 heteroatoms. The van der Waals surface area contributed by atoms with Gasteiger partial charge in [-0.25, -0.2) is 0 Å². The lowest BCUT2D eigenvalue weighted by atomic mass is 10.1. The van der Waals surface area contributed by atoms with Crippen LogP contribution in [0.3, 0.4) is 0 Å². The molecule has 0 atom stereocenters. The molecule has 2 aliphatic heterocycles. The van der Waals surface area contributed by atoms with E-state index >= 15 is 0 Å². The summed E-state index contributed by atoms with van der Waals surface area (Å²) in [7, 11) is 0. The number of rotatable bonds is 4. The minimum absolute atomic E-state index is 0.0773. The Balaban J connectivity index is 1.33. The smallest absolute Gasteiger partial charge is 0.253 e. The fraction of sp³-hybridized carbons (Fsp3) is 0.350. The number of hydrogen-bond donors (Lipinski definition) is 0. The monoisotopic (exact) mass is 388 g/mol. The van der Waals surface area contributed by atoms with Crippen molar-refractivity contribution >= 4 is 34.9 Å². The molecular formula is C20H21ClN2O2S. The fourth-order valence-corrected chi connectivity index (χ4v) is 4.25. The molecule has 2 aromatic rings. The maximum atomic E-state index is 12.8. The number of carbonyl (C=O) groups is 1. The topological polar surface area (TPSA) is 32.8 Å². The van der Waals surface area contributed by atoms with E-state index in [1.807, 2.05) is 34.4 Å². The molecule has 136 valence electrons. The van der Waals surface area contributed by atoms with Gasteiger partial charge >= 0.3 is 0 Å². The average Bonchev–Trinajstić information content (AvgIpc) is 3.19. The molecular weight excluding hydrogens is 368 g/mol. The molecule has 2 aliphatic rings. The van der Waals surface area contributed by atoms with E-state index in [9.17, 15) is 4.79 Å². The van der Waals surface area contributed by atoms with Crippen LogP contribution in [-0.2, 0) is 11.2 Å². The third kappa shape index (κ3) is 3.95. The molecule has 0 aliphatic carbocycles. The van der Waals surface area contributed by atoms with E-state index in [1.54, 1.807) is 6.07 Å². The highest BCUT2D eigenvalue weighted by atomic mass is 35.5. The van der Waals surface area contributed by atoms with Crippen LogP contribution in [0.1, 0.15) is 10.4 Å². The number of nitrogens with zero attached hydrogens (tertiary/aromatic N) is 2. The number of halogens is 1. The molecule has 0 unspecified atom stereocenters. The molecule has 0 saturated carbocycles. The average molecular weight is 389 g/mol. The van der Waals surface area contributed by atoms with Crippen LogP contribution in [0.15, 0.2) is 41.3 Å². The number of hydrogen-bond acceptors (Lipinski definition) is 4. The zero-order chi connectivity index (χ0) is 17.9. The summed E-state index contributed by atoms with van der Waals surface area (Å²) in [5, 5.41) is 2.77. The summed E-state index contributed by atoms with van der Waals surface area (Å²) in [6, 6.07) is 9.77. The second-order valence-electron chi connectivity index (χ2n) is 6.60. The van der Waals surface area contributed by atoms with Gasteiger partial charge in [-0.15, -0.1) is 11.3 Å². The highest BCUT2D eigenvalue weighted by Gasteiger charge is 2.25. The van der Waals surface area contributed by atoms with Gasteiger partial charge in [0.2, 0.25) is 0 Å². The van der Waals surface area contributed by atoms with E-state index in [0.29, 0.717) is 17.2 Å². The normalized spacial score (nSPS) is 17.4. The van der Waals surface area contributed by atoms with Crippen molar-refractivity contribution in [3.8, 4) is 5.75 Å². The van der Waals surface area contributed by atoms with Crippen LogP contribution in [0, 0.1) is 0 Å². The van der Waals surface area contributed by atoms with E-state index in [-0.39, 0.29) is 5.91 Å². The second kappa shape index (κ2) is 7.82. The Morgan fingerprint density at radius 1 is 1.19 bits per heavy atom. The first-order chi connectivity index (χ1) is 12.7. The molecule has 1 saturated heterocycles. The van der Waals surface area contributed by atoms with Crippen molar-refractivity contribution in [2.75, 3.05) is 39.3 Å². The molecule has 4 rings (SSSR count). The van der Waals surface area contributed by atoms with E-state index < -0.39 is 0 Å². The highest BCUT2D eigenvalue weighted by Crippen LogP contribution is 2.29. The number of fused-ring (bicyclic) bond motifs is 1. The van der Waals surface area contributed by atoms with Gasteiger partial charge in [0.1, 0.15) is 12.4 Å². The van der Waals surface area contributed by atoms with Crippen molar-refractivity contribution in [2.45, 2.75) is 6.42 Å². The Bertz CT molecular complexity index is 811. The third-order valence-electron chi connectivity index (χ3n) is 4.87. The summed E-state index contributed by atoms with van der Waals surface area (Å²) in [6.45, 7) is 4.76. The predicted octanol–water partition coefficient (Wildman–Crippen LogP) is 3.56. The van der Waals surface area contributed by atoms with Crippen LogP contribution < -0.4 is 4.74 Å². The summed E-state index contributed by atoms with van der Waals surface area (Å²) < 4.78 is 5.72. The van der Waals surface area contributed by atoms with Crippen molar-refractivity contribution in [3.05, 3.63) is 56.7 Å². The molecule has 1 aromatic carbocycles. The highest BCUT2D eigenvalue weighted by molar-refractivity contribution is 7.09. The van der Waals surface area contributed by atoms with Crippen molar-refractivity contribution in [3.63, 3.8) is 0 Å². The van der Waals surface area contributed by atoms with E-state index in [2.05, 4.69) is 22.4 Å². The molecule has 1 aromatic heterocycles. The van der Waals surface area contributed by atoms with Gasteiger partial charge in [0.15, 0.2) is 0 Å². The van der Waals surface area contributed by atoms with Gasteiger partial charge in [-0.05, 0) is 42.1 Å². The minimum Gasteiger partial charge on any atom is -0.488 e. The third-order valence-corrected chi connectivity index (χ3v) is 6.04. The largest absolute Gasteiger partial charge is 0.488 e. The first-order valence-corrected chi connectivity index (χ1v) is 10.1. The van der Waals surface area contributed by atoms with Crippen LogP contribution in [0.25, 0.3) is 6.08 Å². The van der Waals surface area contributed by atoms with E-state index in [1.165, 1.54) is 4.88 Å². The fourth-order valence-electron chi connectivity index (χ4n) is 3.37. The molecule has 1 fully saturated rings. The van der Waals surface area contributed by atoms with Gasteiger partial charge in [-0.3, -0.25) is 9.69 Å². The number of piperazine rings is 1. The van der Waals surface area contributed by atoms with Crippen LogP contribution in [0.5, 0.6) is 5.75 Å². The summed E-state index contributed by atoms with van der Waals surface area (Å²) in [5.41, 5.74) is 1.58. The van der Waals surface area contributed by atoms with Gasteiger partial charge in [-0.2, -0.15) is 0 Å². The maximum Gasteiger partial charge on any atom is 0.253 e. The SMILES string of the molecule is O=C(C1=Cc2cc(Cl)ccc2OC1)N1CCN(CCc2cccs2)CC1. The van der Waals surface area contributed by atoms with Gasteiger partial charge in [0, 0.05) is 48.2 Å². The minimum atomic E-state index is 0.0773. The summed E-state index contributed by atoms with van der Waals surface area (Å²) in [6.07, 6.45) is 3.00. The van der Waals surface area contributed by atoms with Crippen molar-refractivity contribution < 1.29 is 9.53 Å². The zero-order valence-electron chi connectivity index (χ0n) is 14.5. The summed E-state index contributed by atoms with van der Waals surface area (Å²) in [5.74, 6) is 0.859. The molecule has 0 spiro atoms. The summed E-state index contributed by atoms with van der Waals surface area (Å²) in [4.78, 5) is 18.6. The van der Waals surface area contributed by atoms with Crippen LogP contribution in [0.2, 0.25) is 5.02 Å². The number of amides is 1. The lowest BCUT2D eigenvalue weighted by Crippen LogP contribution is -2.49. The van der Waals surface area contributed by atoms with Crippen molar-refractivity contribution in [2.24, 2.45) is 0 Å². The Morgan fingerprint density at radius 2 is 2.04 bits per heavy atom. The van der Waals surface area contributed by atoms with Gasteiger partial charge < -0.3 is 9.64 Å². The number of benzene rings is 1. The number of carbonyl (C=O) groups excluding carboxylic acids is 1. The molecule has 26 heavy (non-hydrogen) atoms. The first kappa shape index (κ1) is 17.6. The lowest BCUT2D eigenvalue weighted by molar-refractivity contribution is -0.129. The Kier molecular flexibility index (Phi) is 5.29.